The van der Waals surface area contributed by atoms with Gasteiger partial charge >= 0.3 is 0 Å². The lowest BCUT2D eigenvalue weighted by molar-refractivity contribution is 0.671. The molecule has 3 heteroatoms. The number of nitrogens with zero attached hydrogens (tertiary/aromatic N) is 2. The van der Waals surface area contributed by atoms with Crippen molar-refractivity contribution in [1.82, 2.24) is 9.97 Å². The molecular weight excluding hydrogens is 210 g/mol. The van der Waals surface area contributed by atoms with Gasteiger partial charge in [0.2, 0.25) is 0 Å². The molecule has 17 heavy (non-hydrogen) atoms. The summed E-state index contributed by atoms with van der Waals surface area (Å²) in [6, 6.07) is 10.6. The molecule has 0 amide bonds. The summed E-state index contributed by atoms with van der Waals surface area (Å²) in [7, 11) is 0. The summed E-state index contributed by atoms with van der Waals surface area (Å²) in [6.45, 7) is 2.19. The average molecular weight is 225 g/mol. The standard InChI is InChI=1S/C14H15N3/c1-10-7-8-12-9-15-13(17-14(12)16-10)11-5-3-2-4-6-11/h2-6,9-10H,7-8H2,1H3,(H,15,16,17). The van der Waals surface area contributed by atoms with E-state index in [1.807, 2.05) is 36.5 Å². The predicted molar refractivity (Wildman–Crippen MR) is 68.9 cm³/mol. The molecule has 86 valence electrons. The van der Waals surface area contributed by atoms with Crippen LogP contribution in [0.3, 0.4) is 0 Å². The topological polar surface area (TPSA) is 37.8 Å². The fourth-order valence-electron chi connectivity index (χ4n) is 2.12. The van der Waals surface area contributed by atoms with E-state index in [1.165, 1.54) is 5.56 Å². The largest absolute Gasteiger partial charge is 0.367 e. The SMILES string of the molecule is CC1CCc2cnc(-c3ccccc3)nc2N1. The van der Waals surface area contributed by atoms with Gasteiger partial charge in [0.1, 0.15) is 5.82 Å². The minimum atomic E-state index is 0.501. The minimum Gasteiger partial charge on any atom is -0.367 e. The third-order valence-corrected chi connectivity index (χ3v) is 3.13. The van der Waals surface area contributed by atoms with Gasteiger partial charge in [-0.2, -0.15) is 0 Å². The van der Waals surface area contributed by atoms with Gasteiger partial charge in [0, 0.05) is 23.4 Å². The van der Waals surface area contributed by atoms with Crippen molar-refractivity contribution in [2.75, 3.05) is 5.32 Å². The summed E-state index contributed by atoms with van der Waals surface area (Å²) in [5.41, 5.74) is 2.29. The van der Waals surface area contributed by atoms with E-state index >= 15 is 0 Å². The Balaban J connectivity index is 2.01. The number of benzene rings is 1. The van der Waals surface area contributed by atoms with Crippen molar-refractivity contribution < 1.29 is 0 Å². The first-order chi connectivity index (χ1) is 8.33. The van der Waals surface area contributed by atoms with Crippen LogP contribution < -0.4 is 5.32 Å². The number of hydrogen-bond donors (Lipinski definition) is 1. The summed E-state index contributed by atoms with van der Waals surface area (Å²) in [5.74, 6) is 1.79. The molecule has 2 heterocycles. The monoisotopic (exact) mass is 225 g/mol. The van der Waals surface area contributed by atoms with E-state index in [1.54, 1.807) is 0 Å². The molecule has 1 aliphatic heterocycles. The van der Waals surface area contributed by atoms with Gasteiger partial charge in [-0.25, -0.2) is 9.97 Å². The summed E-state index contributed by atoms with van der Waals surface area (Å²) in [4.78, 5) is 9.05. The molecule has 0 aliphatic carbocycles. The Morgan fingerprint density at radius 3 is 2.88 bits per heavy atom. The summed E-state index contributed by atoms with van der Waals surface area (Å²) in [6.07, 6.45) is 4.17. The lowest BCUT2D eigenvalue weighted by Gasteiger charge is -2.22. The average Bonchev–Trinajstić information content (AvgIpc) is 2.39. The first-order valence-electron chi connectivity index (χ1n) is 6.01. The van der Waals surface area contributed by atoms with Gasteiger partial charge in [-0.3, -0.25) is 0 Å². The highest BCUT2D eigenvalue weighted by Gasteiger charge is 2.16. The summed E-state index contributed by atoms with van der Waals surface area (Å²) < 4.78 is 0. The van der Waals surface area contributed by atoms with E-state index in [9.17, 15) is 0 Å². The van der Waals surface area contributed by atoms with Crippen molar-refractivity contribution in [3.63, 3.8) is 0 Å². The molecule has 3 rings (SSSR count). The Hall–Kier alpha value is -1.90. The number of fused-ring (bicyclic) bond motifs is 1. The highest BCUT2D eigenvalue weighted by molar-refractivity contribution is 5.59. The molecule has 1 unspecified atom stereocenters. The van der Waals surface area contributed by atoms with Crippen LogP contribution in [0, 0.1) is 0 Å². The molecule has 0 radical (unpaired) electrons. The normalized spacial score (nSPS) is 18.3. The fourth-order valence-corrected chi connectivity index (χ4v) is 2.12. The summed E-state index contributed by atoms with van der Waals surface area (Å²) in [5, 5.41) is 3.42. The van der Waals surface area contributed by atoms with E-state index in [-0.39, 0.29) is 0 Å². The molecule has 0 saturated carbocycles. The third-order valence-electron chi connectivity index (χ3n) is 3.13. The molecule has 3 nitrogen and oxygen atoms in total. The zero-order chi connectivity index (χ0) is 11.7. The van der Waals surface area contributed by atoms with Crippen LogP contribution in [-0.4, -0.2) is 16.0 Å². The van der Waals surface area contributed by atoms with Crippen LogP contribution in [0.5, 0.6) is 0 Å². The number of rotatable bonds is 1. The van der Waals surface area contributed by atoms with E-state index in [4.69, 9.17) is 0 Å². The van der Waals surface area contributed by atoms with Gasteiger partial charge in [-0.1, -0.05) is 30.3 Å². The van der Waals surface area contributed by atoms with Crippen LogP contribution in [0.4, 0.5) is 5.82 Å². The van der Waals surface area contributed by atoms with E-state index < -0.39 is 0 Å². The quantitative estimate of drug-likeness (QED) is 0.811. The maximum atomic E-state index is 4.61. The highest BCUT2D eigenvalue weighted by atomic mass is 15.1. The van der Waals surface area contributed by atoms with E-state index in [0.717, 1.165) is 30.0 Å². The lowest BCUT2D eigenvalue weighted by atomic mass is 10.0. The molecule has 1 aromatic carbocycles. The Bertz CT molecular complexity index is 522. The Morgan fingerprint density at radius 1 is 1.24 bits per heavy atom. The highest BCUT2D eigenvalue weighted by Crippen LogP contribution is 2.24. The molecule has 2 aromatic rings. The molecule has 0 bridgehead atoms. The van der Waals surface area contributed by atoms with Gasteiger partial charge in [-0.15, -0.1) is 0 Å². The number of hydrogen-bond acceptors (Lipinski definition) is 3. The van der Waals surface area contributed by atoms with E-state index in [0.29, 0.717) is 6.04 Å². The van der Waals surface area contributed by atoms with Crippen LogP contribution in [0.25, 0.3) is 11.4 Å². The second kappa shape index (κ2) is 4.17. The Labute approximate surface area is 101 Å². The lowest BCUT2D eigenvalue weighted by Crippen LogP contribution is -2.23. The first kappa shape index (κ1) is 10.3. The van der Waals surface area contributed by atoms with Crippen LogP contribution >= 0.6 is 0 Å². The molecular formula is C14H15N3. The molecule has 1 N–H and O–H groups in total. The number of aromatic nitrogens is 2. The zero-order valence-corrected chi connectivity index (χ0v) is 9.85. The third kappa shape index (κ3) is 2.00. The van der Waals surface area contributed by atoms with Gasteiger partial charge < -0.3 is 5.32 Å². The molecule has 1 aliphatic rings. The fraction of sp³-hybridized carbons (Fsp3) is 0.286. The Kier molecular flexibility index (Phi) is 2.52. The van der Waals surface area contributed by atoms with Gasteiger partial charge in [0.25, 0.3) is 0 Å². The number of nitrogens with one attached hydrogen (secondary N) is 1. The van der Waals surface area contributed by atoms with E-state index in [2.05, 4.69) is 22.2 Å². The van der Waals surface area contributed by atoms with Gasteiger partial charge in [0.15, 0.2) is 5.82 Å². The minimum absolute atomic E-state index is 0.501. The predicted octanol–water partition coefficient (Wildman–Crippen LogP) is 2.89. The Morgan fingerprint density at radius 2 is 2.06 bits per heavy atom. The number of anilines is 1. The van der Waals surface area contributed by atoms with Crippen LogP contribution in [-0.2, 0) is 6.42 Å². The molecule has 0 fully saturated rings. The van der Waals surface area contributed by atoms with Gasteiger partial charge in [-0.05, 0) is 19.8 Å². The first-order valence-corrected chi connectivity index (χ1v) is 6.01. The van der Waals surface area contributed by atoms with Crippen LogP contribution in [0.1, 0.15) is 18.9 Å². The second-order valence-corrected chi connectivity index (χ2v) is 4.52. The molecule has 1 aromatic heterocycles. The smallest absolute Gasteiger partial charge is 0.161 e. The van der Waals surface area contributed by atoms with Crippen molar-refractivity contribution in [1.29, 1.82) is 0 Å². The molecule has 1 atom stereocenters. The van der Waals surface area contributed by atoms with Gasteiger partial charge in [0.05, 0.1) is 0 Å². The van der Waals surface area contributed by atoms with Crippen LogP contribution in [0.15, 0.2) is 36.5 Å². The summed E-state index contributed by atoms with van der Waals surface area (Å²) >= 11 is 0. The molecule has 0 spiro atoms. The van der Waals surface area contributed by atoms with Crippen molar-refractivity contribution in [2.45, 2.75) is 25.8 Å². The van der Waals surface area contributed by atoms with Crippen LogP contribution in [0.2, 0.25) is 0 Å². The van der Waals surface area contributed by atoms with Crippen molar-refractivity contribution in [3.8, 4) is 11.4 Å². The van der Waals surface area contributed by atoms with Crippen molar-refractivity contribution in [3.05, 3.63) is 42.1 Å². The van der Waals surface area contributed by atoms with Crippen molar-refractivity contribution >= 4 is 5.82 Å². The van der Waals surface area contributed by atoms with Crippen molar-refractivity contribution in [2.24, 2.45) is 0 Å². The second-order valence-electron chi connectivity index (χ2n) is 4.52. The zero-order valence-electron chi connectivity index (χ0n) is 9.85. The molecule has 0 saturated heterocycles. The maximum absolute atomic E-state index is 4.61. The number of aryl methyl sites for hydroxylation is 1. The maximum Gasteiger partial charge on any atom is 0.161 e.